The molecule has 0 aromatic carbocycles. The van der Waals surface area contributed by atoms with E-state index in [0.717, 1.165) is 6.42 Å². The molecule has 0 aliphatic heterocycles. The number of Topliss-reactive ketones (excluding diaryl/α,β-unsaturated/α-hetero) is 1. The summed E-state index contributed by atoms with van der Waals surface area (Å²) in [5.41, 5.74) is 0. The van der Waals surface area contributed by atoms with E-state index in [-0.39, 0.29) is 11.7 Å². The van der Waals surface area contributed by atoms with E-state index < -0.39 is 0 Å². The van der Waals surface area contributed by atoms with Gasteiger partial charge in [-0.15, -0.1) is 0 Å². The fourth-order valence-corrected chi connectivity index (χ4v) is 1.28. The van der Waals surface area contributed by atoms with E-state index in [4.69, 9.17) is 11.6 Å². The minimum atomic E-state index is -0.0772. The fourth-order valence-electron chi connectivity index (χ4n) is 0.963. The Morgan fingerprint density at radius 3 is 2.90 bits per heavy atom. The van der Waals surface area contributed by atoms with E-state index in [1.807, 2.05) is 12.2 Å². The molecule has 54 valence electrons. The van der Waals surface area contributed by atoms with Gasteiger partial charge >= 0.3 is 0 Å². The van der Waals surface area contributed by atoms with Crippen LogP contribution in [0.2, 0.25) is 0 Å². The van der Waals surface area contributed by atoms with Crippen molar-refractivity contribution in [2.75, 3.05) is 0 Å². The first kappa shape index (κ1) is 7.55. The summed E-state index contributed by atoms with van der Waals surface area (Å²) in [7, 11) is 0. The first-order valence-corrected chi connectivity index (χ1v) is 3.62. The third kappa shape index (κ3) is 1.48. The van der Waals surface area contributed by atoms with Crippen LogP contribution in [0, 0.1) is 5.92 Å². The molecule has 0 radical (unpaired) electrons. The van der Waals surface area contributed by atoms with Gasteiger partial charge in [-0.25, -0.2) is 0 Å². The second kappa shape index (κ2) is 3.02. The second-order valence-corrected chi connectivity index (χ2v) is 2.82. The van der Waals surface area contributed by atoms with Gasteiger partial charge in [0.2, 0.25) is 0 Å². The maximum atomic E-state index is 10.9. The largest absolute Gasteiger partial charge is 0.299 e. The van der Waals surface area contributed by atoms with Gasteiger partial charge in [0.05, 0.1) is 5.92 Å². The summed E-state index contributed by atoms with van der Waals surface area (Å²) >= 11 is 5.77. The molecule has 10 heavy (non-hydrogen) atoms. The third-order valence-electron chi connectivity index (χ3n) is 1.59. The maximum absolute atomic E-state index is 10.9. The average molecular weight is 157 g/mol. The summed E-state index contributed by atoms with van der Waals surface area (Å²) in [4.78, 5) is 10.9. The summed E-state index contributed by atoms with van der Waals surface area (Å²) in [6.07, 6.45) is 6.36. The van der Waals surface area contributed by atoms with Crippen LogP contribution in [0.15, 0.2) is 23.3 Å². The smallest absolute Gasteiger partial charge is 0.138 e. The molecule has 0 heterocycles. The molecule has 0 amide bonds. The summed E-state index contributed by atoms with van der Waals surface area (Å²) in [6, 6.07) is 0. The lowest BCUT2D eigenvalue weighted by atomic mass is 9.97. The monoisotopic (exact) mass is 156 g/mol. The van der Waals surface area contributed by atoms with Crippen molar-refractivity contribution in [3.63, 3.8) is 0 Å². The number of carbonyl (C=O) groups is 1. The SMILES string of the molecule is CC(=O)C1CC=CC=C1Cl. The van der Waals surface area contributed by atoms with E-state index >= 15 is 0 Å². The highest BCUT2D eigenvalue weighted by molar-refractivity contribution is 6.31. The molecule has 1 rings (SSSR count). The minimum absolute atomic E-state index is 0.0772. The first-order valence-electron chi connectivity index (χ1n) is 3.24. The molecule has 0 fully saturated rings. The molecule has 0 aromatic rings. The third-order valence-corrected chi connectivity index (χ3v) is 1.98. The molecular formula is C8H9ClO. The van der Waals surface area contributed by atoms with E-state index in [0.29, 0.717) is 5.03 Å². The molecule has 1 nitrogen and oxygen atoms in total. The van der Waals surface area contributed by atoms with Crippen molar-refractivity contribution in [3.8, 4) is 0 Å². The van der Waals surface area contributed by atoms with Crippen LogP contribution in [0.1, 0.15) is 13.3 Å². The minimum Gasteiger partial charge on any atom is -0.299 e. The van der Waals surface area contributed by atoms with Crippen molar-refractivity contribution in [2.45, 2.75) is 13.3 Å². The number of ketones is 1. The summed E-state index contributed by atoms with van der Waals surface area (Å²) < 4.78 is 0. The van der Waals surface area contributed by atoms with Gasteiger partial charge in [0.15, 0.2) is 0 Å². The number of carbonyl (C=O) groups excluding carboxylic acids is 1. The number of halogens is 1. The Hall–Kier alpha value is -0.560. The molecule has 2 heteroatoms. The van der Waals surface area contributed by atoms with Crippen molar-refractivity contribution < 1.29 is 4.79 Å². The highest BCUT2D eigenvalue weighted by Gasteiger charge is 2.17. The van der Waals surface area contributed by atoms with Gasteiger partial charge in [0, 0.05) is 5.03 Å². The number of hydrogen-bond acceptors (Lipinski definition) is 1. The Bertz CT molecular complexity index is 203. The lowest BCUT2D eigenvalue weighted by molar-refractivity contribution is -0.119. The van der Waals surface area contributed by atoms with E-state index in [1.54, 1.807) is 13.0 Å². The van der Waals surface area contributed by atoms with Crippen LogP contribution in [0.5, 0.6) is 0 Å². The normalized spacial score (nSPS) is 24.2. The topological polar surface area (TPSA) is 17.1 Å². The van der Waals surface area contributed by atoms with Crippen molar-refractivity contribution in [1.82, 2.24) is 0 Å². The zero-order valence-corrected chi connectivity index (χ0v) is 6.56. The lowest BCUT2D eigenvalue weighted by Gasteiger charge is -2.12. The molecule has 0 bridgehead atoms. The van der Waals surface area contributed by atoms with Gasteiger partial charge in [-0.05, 0) is 19.4 Å². The predicted molar refractivity (Wildman–Crippen MR) is 41.9 cm³/mol. The quantitative estimate of drug-likeness (QED) is 0.569. The molecule has 1 unspecified atom stereocenters. The Morgan fingerprint density at radius 1 is 1.80 bits per heavy atom. The van der Waals surface area contributed by atoms with Crippen LogP contribution < -0.4 is 0 Å². The van der Waals surface area contributed by atoms with E-state index in [1.165, 1.54) is 0 Å². The first-order chi connectivity index (χ1) is 4.72. The van der Waals surface area contributed by atoms with Gasteiger partial charge in [0.25, 0.3) is 0 Å². The van der Waals surface area contributed by atoms with Gasteiger partial charge in [-0.2, -0.15) is 0 Å². The maximum Gasteiger partial charge on any atom is 0.138 e. The Kier molecular flexibility index (Phi) is 2.28. The van der Waals surface area contributed by atoms with Gasteiger partial charge in [-0.1, -0.05) is 23.8 Å². The molecule has 0 saturated carbocycles. The van der Waals surface area contributed by atoms with E-state index in [2.05, 4.69) is 0 Å². The van der Waals surface area contributed by atoms with Crippen LogP contribution in [-0.4, -0.2) is 5.78 Å². The van der Waals surface area contributed by atoms with Crippen molar-refractivity contribution in [1.29, 1.82) is 0 Å². The van der Waals surface area contributed by atoms with Crippen molar-refractivity contribution in [3.05, 3.63) is 23.3 Å². The lowest BCUT2D eigenvalue weighted by Crippen LogP contribution is -2.11. The molecule has 1 aliphatic carbocycles. The standard InChI is InChI=1S/C8H9ClO/c1-6(10)7-4-2-3-5-8(7)9/h2-3,5,7H,4H2,1H3. The summed E-state index contributed by atoms with van der Waals surface area (Å²) in [5, 5.41) is 0.662. The van der Waals surface area contributed by atoms with Gasteiger partial charge < -0.3 is 0 Å². The summed E-state index contributed by atoms with van der Waals surface area (Å²) in [6.45, 7) is 1.57. The molecule has 1 aliphatic rings. The molecule has 0 spiro atoms. The van der Waals surface area contributed by atoms with Crippen LogP contribution >= 0.6 is 11.6 Å². The average Bonchev–Trinajstić information content (AvgIpc) is 1.88. The summed E-state index contributed by atoms with van der Waals surface area (Å²) in [5.74, 6) is 0.0669. The number of hydrogen-bond donors (Lipinski definition) is 0. The number of allylic oxidation sites excluding steroid dienone is 4. The van der Waals surface area contributed by atoms with Crippen LogP contribution in [0.4, 0.5) is 0 Å². The van der Waals surface area contributed by atoms with Crippen LogP contribution in [0.25, 0.3) is 0 Å². The molecule has 0 N–H and O–H groups in total. The highest BCUT2D eigenvalue weighted by Crippen LogP contribution is 2.23. The molecule has 1 atom stereocenters. The molecule has 0 saturated heterocycles. The Morgan fingerprint density at radius 2 is 2.50 bits per heavy atom. The Labute approximate surface area is 65.4 Å². The number of rotatable bonds is 1. The molecular weight excluding hydrogens is 148 g/mol. The second-order valence-electron chi connectivity index (χ2n) is 2.38. The predicted octanol–water partition coefficient (Wildman–Crippen LogP) is 2.27. The highest BCUT2D eigenvalue weighted by atomic mass is 35.5. The molecule has 0 aromatic heterocycles. The Balaban J connectivity index is 2.73. The van der Waals surface area contributed by atoms with Crippen LogP contribution in [-0.2, 0) is 4.79 Å². The zero-order valence-electron chi connectivity index (χ0n) is 5.80. The van der Waals surface area contributed by atoms with Gasteiger partial charge in [0.1, 0.15) is 5.78 Å². The zero-order chi connectivity index (χ0) is 7.56. The van der Waals surface area contributed by atoms with Crippen molar-refractivity contribution in [2.24, 2.45) is 5.92 Å². The van der Waals surface area contributed by atoms with E-state index in [9.17, 15) is 4.79 Å². The fraction of sp³-hybridized carbons (Fsp3) is 0.375. The van der Waals surface area contributed by atoms with Gasteiger partial charge in [-0.3, -0.25) is 4.79 Å². The van der Waals surface area contributed by atoms with Crippen molar-refractivity contribution >= 4 is 17.4 Å². The van der Waals surface area contributed by atoms with Crippen LogP contribution in [0.3, 0.4) is 0 Å².